The van der Waals surface area contributed by atoms with Gasteiger partial charge in [0.05, 0.1) is 11.1 Å². The first kappa shape index (κ1) is 15.7. The van der Waals surface area contributed by atoms with Gasteiger partial charge in [0, 0.05) is 30.2 Å². The number of nitrogens with zero attached hydrogens (tertiary/aromatic N) is 1. The van der Waals surface area contributed by atoms with Gasteiger partial charge in [-0.15, -0.1) is 11.8 Å². The maximum Gasteiger partial charge on any atom is 0.223 e. The van der Waals surface area contributed by atoms with Crippen molar-refractivity contribution in [3.8, 4) is 0 Å². The third-order valence-electron chi connectivity index (χ3n) is 3.62. The average Bonchev–Trinajstić information content (AvgIpc) is 2.44. The predicted octanol–water partition coefficient (Wildman–Crippen LogP) is 3.05. The molecule has 1 aromatic rings. The number of hydrogen-bond acceptors (Lipinski definition) is 3. The smallest absolute Gasteiger partial charge is 0.223 e. The van der Waals surface area contributed by atoms with E-state index in [1.54, 1.807) is 11.8 Å². The number of piperidine rings is 1. The van der Waals surface area contributed by atoms with E-state index in [4.69, 9.17) is 11.6 Å². The van der Waals surface area contributed by atoms with Crippen LogP contribution in [0.25, 0.3) is 0 Å². The lowest BCUT2D eigenvalue weighted by molar-refractivity contribution is -0.134. The molecule has 1 aliphatic heterocycles. The van der Waals surface area contributed by atoms with Crippen molar-refractivity contribution < 1.29 is 9.90 Å². The average molecular weight is 314 g/mol. The largest absolute Gasteiger partial charge is 0.393 e. The minimum absolute atomic E-state index is 0.170. The van der Waals surface area contributed by atoms with E-state index in [9.17, 15) is 9.90 Å². The van der Waals surface area contributed by atoms with E-state index in [-0.39, 0.29) is 17.9 Å². The van der Waals surface area contributed by atoms with E-state index < -0.39 is 0 Å². The van der Waals surface area contributed by atoms with Crippen molar-refractivity contribution >= 4 is 29.3 Å². The van der Waals surface area contributed by atoms with Crippen molar-refractivity contribution in [3.63, 3.8) is 0 Å². The quantitative estimate of drug-likeness (QED) is 0.869. The molecular formula is C15H20ClNO2S. The van der Waals surface area contributed by atoms with E-state index in [1.165, 1.54) is 0 Å². The zero-order valence-corrected chi connectivity index (χ0v) is 13.2. The molecule has 1 N–H and O–H groups in total. The summed E-state index contributed by atoms with van der Waals surface area (Å²) in [6.45, 7) is 3.32. The van der Waals surface area contributed by atoms with E-state index in [0.29, 0.717) is 25.9 Å². The Morgan fingerprint density at radius 1 is 1.50 bits per heavy atom. The zero-order valence-electron chi connectivity index (χ0n) is 11.6. The van der Waals surface area contributed by atoms with Crippen LogP contribution >= 0.6 is 23.4 Å². The summed E-state index contributed by atoms with van der Waals surface area (Å²) in [4.78, 5) is 15.0. The maximum atomic E-state index is 12.1. The van der Waals surface area contributed by atoms with Gasteiger partial charge in [-0.3, -0.25) is 4.79 Å². The Labute approximate surface area is 129 Å². The molecule has 1 saturated heterocycles. The normalized spacial score (nSPS) is 22.9. The molecule has 0 aromatic heterocycles. The molecule has 0 bridgehead atoms. The van der Waals surface area contributed by atoms with E-state index in [2.05, 4.69) is 0 Å². The van der Waals surface area contributed by atoms with Crippen LogP contribution in [0, 0.1) is 5.92 Å². The molecule has 0 spiro atoms. The topological polar surface area (TPSA) is 40.5 Å². The molecule has 1 aromatic carbocycles. The molecule has 2 rings (SSSR count). The number of carbonyl (C=O) groups is 1. The number of rotatable bonds is 4. The number of thioether (sulfide) groups is 1. The number of aliphatic hydroxyl groups is 1. The number of aliphatic hydroxyl groups excluding tert-OH is 1. The molecule has 1 fully saturated rings. The fourth-order valence-corrected chi connectivity index (χ4v) is 3.50. The maximum absolute atomic E-state index is 12.1. The summed E-state index contributed by atoms with van der Waals surface area (Å²) >= 11 is 7.69. The summed E-state index contributed by atoms with van der Waals surface area (Å²) in [5.74, 6) is 1.07. The third-order valence-corrected chi connectivity index (χ3v) is 5.14. The van der Waals surface area contributed by atoms with E-state index in [0.717, 1.165) is 15.7 Å². The highest BCUT2D eigenvalue weighted by Gasteiger charge is 2.26. The molecule has 0 radical (unpaired) electrons. The molecule has 20 heavy (non-hydrogen) atoms. The van der Waals surface area contributed by atoms with Gasteiger partial charge in [0.1, 0.15) is 0 Å². The van der Waals surface area contributed by atoms with Crippen molar-refractivity contribution in [2.45, 2.75) is 30.8 Å². The minimum atomic E-state index is -0.267. The van der Waals surface area contributed by atoms with Gasteiger partial charge in [-0.1, -0.05) is 30.7 Å². The molecule has 3 nitrogen and oxygen atoms in total. The number of likely N-dealkylation sites (tertiary alicyclic amines) is 1. The Balaban J connectivity index is 1.77. The Kier molecular flexibility index (Phi) is 5.75. The molecular weight excluding hydrogens is 294 g/mol. The van der Waals surface area contributed by atoms with Crippen molar-refractivity contribution in [1.29, 1.82) is 0 Å². The van der Waals surface area contributed by atoms with Crippen LogP contribution < -0.4 is 0 Å². The van der Waals surface area contributed by atoms with Gasteiger partial charge in [-0.25, -0.2) is 0 Å². The highest BCUT2D eigenvalue weighted by molar-refractivity contribution is 7.99. The number of halogens is 1. The Morgan fingerprint density at radius 2 is 2.25 bits per heavy atom. The fraction of sp³-hybridized carbons (Fsp3) is 0.533. The summed E-state index contributed by atoms with van der Waals surface area (Å²) in [6.07, 6.45) is 0.931. The Bertz CT molecular complexity index is 469. The first-order valence-electron chi connectivity index (χ1n) is 6.91. The summed E-state index contributed by atoms with van der Waals surface area (Å²) in [6, 6.07) is 7.68. The van der Waals surface area contributed by atoms with Crippen LogP contribution in [-0.4, -0.2) is 40.9 Å². The number of carbonyl (C=O) groups excluding carboxylic acids is 1. The third kappa shape index (κ3) is 4.14. The Morgan fingerprint density at radius 3 is 2.95 bits per heavy atom. The van der Waals surface area contributed by atoms with Gasteiger partial charge in [0.2, 0.25) is 5.91 Å². The summed E-state index contributed by atoms with van der Waals surface area (Å²) in [7, 11) is 0. The number of hydrogen-bond donors (Lipinski definition) is 1. The van der Waals surface area contributed by atoms with Crippen LogP contribution in [0.1, 0.15) is 19.8 Å². The lowest BCUT2D eigenvalue weighted by atomic mass is 9.96. The van der Waals surface area contributed by atoms with Crippen LogP contribution in [0.2, 0.25) is 5.02 Å². The molecule has 5 heteroatoms. The molecule has 2 unspecified atom stereocenters. The van der Waals surface area contributed by atoms with Gasteiger partial charge in [0.15, 0.2) is 0 Å². The number of amides is 1. The summed E-state index contributed by atoms with van der Waals surface area (Å²) < 4.78 is 0. The molecule has 1 heterocycles. The van der Waals surface area contributed by atoms with Crippen LogP contribution in [0.15, 0.2) is 29.2 Å². The van der Waals surface area contributed by atoms with Crippen molar-refractivity contribution in [2.24, 2.45) is 5.92 Å². The van der Waals surface area contributed by atoms with E-state index in [1.807, 2.05) is 36.1 Å². The van der Waals surface area contributed by atoms with Crippen molar-refractivity contribution in [1.82, 2.24) is 4.90 Å². The van der Waals surface area contributed by atoms with Crippen LogP contribution in [0.4, 0.5) is 0 Å². The fourth-order valence-electron chi connectivity index (χ4n) is 2.33. The van der Waals surface area contributed by atoms with Gasteiger partial charge < -0.3 is 10.0 Å². The lowest BCUT2D eigenvalue weighted by Crippen LogP contribution is -2.45. The highest BCUT2D eigenvalue weighted by Crippen LogP contribution is 2.27. The van der Waals surface area contributed by atoms with Gasteiger partial charge in [-0.2, -0.15) is 0 Å². The van der Waals surface area contributed by atoms with Crippen LogP contribution in [0.3, 0.4) is 0 Å². The molecule has 110 valence electrons. The standard InChI is InChI=1S/C15H20ClNO2S/c1-11-10-17(8-6-13(11)18)15(19)7-9-20-14-5-3-2-4-12(14)16/h2-5,11,13,18H,6-10H2,1H3. The monoisotopic (exact) mass is 313 g/mol. The van der Waals surface area contributed by atoms with Crippen molar-refractivity contribution in [2.75, 3.05) is 18.8 Å². The van der Waals surface area contributed by atoms with Gasteiger partial charge in [0.25, 0.3) is 0 Å². The predicted molar refractivity (Wildman–Crippen MR) is 83.2 cm³/mol. The second-order valence-corrected chi connectivity index (χ2v) is 6.75. The molecule has 0 aliphatic carbocycles. The second-order valence-electron chi connectivity index (χ2n) is 5.20. The number of benzene rings is 1. The van der Waals surface area contributed by atoms with Crippen molar-refractivity contribution in [3.05, 3.63) is 29.3 Å². The summed E-state index contributed by atoms with van der Waals surface area (Å²) in [5.41, 5.74) is 0. The van der Waals surface area contributed by atoms with Crippen LogP contribution in [-0.2, 0) is 4.79 Å². The lowest BCUT2D eigenvalue weighted by Gasteiger charge is -2.34. The first-order chi connectivity index (χ1) is 9.58. The zero-order chi connectivity index (χ0) is 14.5. The molecule has 0 saturated carbocycles. The van der Waals surface area contributed by atoms with Crippen LogP contribution in [0.5, 0.6) is 0 Å². The second kappa shape index (κ2) is 7.34. The minimum Gasteiger partial charge on any atom is -0.393 e. The Hall–Kier alpha value is -0.710. The first-order valence-corrected chi connectivity index (χ1v) is 8.27. The van der Waals surface area contributed by atoms with E-state index >= 15 is 0 Å². The highest BCUT2D eigenvalue weighted by atomic mass is 35.5. The SMILES string of the molecule is CC1CN(C(=O)CCSc2ccccc2Cl)CCC1O. The molecule has 2 atom stereocenters. The molecule has 1 aliphatic rings. The van der Waals surface area contributed by atoms with Gasteiger partial charge >= 0.3 is 0 Å². The summed E-state index contributed by atoms with van der Waals surface area (Å²) in [5, 5.41) is 10.4. The van der Waals surface area contributed by atoms with Gasteiger partial charge in [-0.05, 0) is 24.5 Å². The molecule has 1 amide bonds.